The summed E-state index contributed by atoms with van der Waals surface area (Å²) in [4.78, 5) is 29.4. The fourth-order valence-electron chi connectivity index (χ4n) is 5.35. The van der Waals surface area contributed by atoms with E-state index in [2.05, 4.69) is 10.00 Å². The van der Waals surface area contributed by atoms with Crippen LogP contribution in [0.2, 0.25) is 5.02 Å². The Kier molecular flexibility index (Phi) is 8.75. The number of rotatable bonds is 9. The van der Waals surface area contributed by atoms with Gasteiger partial charge in [-0.05, 0) is 79.0 Å². The lowest BCUT2D eigenvalue weighted by molar-refractivity contribution is -0.138. The Labute approximate surface area is 250 Å². The molecule has 0 spiro atoms. The molecule has 0 N–H and O–H groups in total. The molecular weight excluding hydrogens is 613 g/mol. The standard InChI is InChI=1S/C28H28ClF3N4O4S2/c1-42(39,40)12-11-34-9-2-3-22(34)8-10-35-26(37)25(41-27(35)38)14-18-4-7-24-20(13-18)16-33-36(24)17-19-5-6-21(29)15-23(19)28(30,31)32/h4-7,13-16,22H,2-3,8-12,17H2,1H3/b25-14-. The van der Waals surface area contributed by atoms with E-state index in [9.17, 15) is 31.2 Å². The van der Waals surface area contributed by atoms with Crippen LogP contribution in [0, 0.1) is 0 Å². The summed E-state index contributed by atoms with van der Waals surface area (Å²) in [6, 6.07) is 8.96. The molecule has 5 rings (SSSR count). The minimum atomic E-state index is -4.56. The number of carbonyl (C=O) groups excluding carboxylic acids is 2. The van der Waals surface area contributed by atoms with Gasteiger partial charge in [-0.2, -0.15) is 18.3 Å². The van der Waals surface area contributed by atoms with Crippen molar-refractivity contribution >= 4 is 61.3 Å². The molecule has 1 unspecified atom stereocenters. The Hall–Kier alpha value is -2.87. The van der Waals surface area contributed by atoms with Crippen LogP contribution in [0.15, 0.2) is 47.5 Å². The number of fused-ring (bicyclic) bond motifs is 1. The molecule has 2 aromatic carbocycles. The smallest absolute Gasteiger partial charge is 0.299 e. The summed E-state index contributed by atoms with van der Waals surface area (Å²) >= 11 is 6.65. The van der Waals surface area contributed by atoms with E-state index in [1.165, 1.54) is 28.0 Å². The van der Waals surface area contributed by atoms with Crippen molar-refractivity contribution < 1.29 is 31.2 Å². The van der Waals surface area contributed by atoms with E-state index in [1.54, 1.807) is 30.5 Å². The molecule has 2 saturated heterocycles. The van der Waals surface area contributed by atoms with Crippen LogP contribution in [0.5, 0.6) is 0 Å². The highest BCUT2D eigenvalue weighted by molar-refractivity contribution is 8.18. The van der Waals surface area contributed by atoms with Crippen LogP contribution in [0.3, 0.4) is 0 Å². The van der Waals surface area contributed by atoms with Gasteiger partial charge in [0.25, 0.3) is 11.1 Å². The normalized spacial score (nSPS) is 19.6. The fraction of sp³-hybridized carbons (Fsp3) is 0.393. The summed E-state index contributed by atoms with van der Waals surface area (Å²) in [5.41, 5.74) is 0.476. The molecule has 0 bridgehead atoms. The molecule has 2 amide bonds. The second kappa shape index (κ2) is 12.0. The maximum Gasteiger partial charge on any atom is 0.416 e. The van der Waals surface area contributed by atoms with Gasteiger partial charge in [0, 0.05) is 35.8 Å². The molecule has 8 nitrogen and oxygen atoms in total. The first-order valence-electron chi connectivity index (χ1n) is 13.3. The molecule has 1 aromatic heterocycles. The summed E-state index contributed by atoms with van der Waals surface area (Å²) in [5.74, 6) is -0.309. The first kappa shape index (κ1) is 30.6. The molecule has 0 aliphatic carbocycles. The van der Waals surface area contributed by atoms with Crippen LogP contribution in [0.25, 0.3) is 17.0 Å². The molecule has 224 valence electrons. The molecule has 2 aliphatic heterocycles. The van der Waals surface area contributed by atoms with Gasteiger partial charge in [-0.15, -0.1) is 0 Å². The van der Waals surface area contributed by atoms with Gasteiger partial charge in [0.05, 0.1) is 34.5 Å². The third-order valence-electron chi connectivity index (χ3n) is 7.47. The molecule has 14 heteroatoms. The maximum atomic E-state index is 13.5. The number of aromatic nitrogens is 2. The van der Waals surface area contributed by atoms with Crippen LogP contribution in [-0.4, -0.2) is 76.8 Å². The van der Waals surface area contributed by atoms with Gasteiger partial charge >= 0.3 is 6.18 Å². The van der Waals surface area contributed by atoms with Crippen molar-refractivity contribution in [2.24, 2.45) is 0 Å². The summed E-state index contributed by atoms with van der Waals surface area (Å²) in [5, 5.41) is 4.57. The first-order valence-corrected chi connectivity index (χ1v) is 16.5. The summed E-state index contributed by atoms with van der Waals surface area (Å²) in [6.45, 7) is 1.37. The lowest BCUT2D eigenvalue weighted by atomic mass is 10.1. The van der Waals surface area contributed by atoms with Gasteiger partial charge in [0.1, 0.15) is 9.84 Å². The van der Waals surface area contributed by atoms with E-state index in [0.717, 1.165) is 37.2 Å². The van der Waals surface area contributed by atoms with Crippen molar-refractivity contribution in [1.82, 2.24) is 19.6 Å². The van der Waals surface area contributed by atoms with Crippen LogP contribution in [0.1, 0.15) is 36.0 Å². The van der Waals surface area contributed by atoms with Gasteiger partial charge in [-0.25, -0.2) is 8.42 Å². The molecule has 0 radical (unpaired) electrons. The van der Waals surface area contributed by atoms with Gasteiger partial charge in [-0.1, -0.05) is 23.7 Å². The number of imide groups is 1. The van der Waals surface area contributed by atoms with Crippen molar-refractivity contribution in [3.05, 3.63) is 69.2 Å². The number of hydrogen-bond acceptors (Lipinski definition) is 7. The predicted molar refractivity (Wildman–Crippen MR) is 157 cm³/mol. The number of hydrogen-bond donors (Lipinski definition) is 0. The van der Waals surface area contributed by atoms with Gasteiger partial charge in [0.15, 0.2) is 0 Å². The molecule has 42 heavy (non-hydrogen) atoms. The average molecular weight is 641 g/mol. The zero-order chi connectivity index (χ0) is 30.2. The fourth-order valence-corrected chi connectivity index (χ4v) is 6.96. The van der Waals surface area contributed by atoms with E-state index in [0.29, 0.717) is 29.4 Å². The van der Waals surface area contributed by atoms with Crippen molar-refractivity contribution in [1.29, 1.82) is 0 Å². The van der Waals surface area contributed by atoms with E-state index >= 15 is 0 Å². The first-order chi connectivity index (χ1) is 19.8. The summed E-state index contributed by atoms with van der Waals surface area (Å²) < 4.78 is 65.2. The minimum absolute atomic E-state index is 0.00411. The Bertz CT molecular complexity index is 1670. The SMILES string of the molecule is CS(=O)(=O)CCN1CCCC1CCN1C(=O)S/C(=C\c2ccc3c(cnn3Cc3ccc(Cl)cc3C(F)(F)F)c2)C1=O. The van der Waals surface area contributed by atoms with E-state index in [-0.39, 0.29) is 51.5 Å². The van der Waals surface area contributed by atoms with Crippen LogP contribution >= 0.6 is 23.4 Å². The molecule has 3 heterocycles. The zero-order valence-corrected chi connectivity index (χ0v) is 25.0. The van der Waals surface area contributed by atoms with Gasteiger partial charge in [-0.3, -0.25) is 24.1 Å². The van der Waals surface area contributed by atoms with Crippen molar-refractivity contribution in [3.8, 4) is 0 Å². The lowest BCUT2D eigenvalue weighted by Gasteiger charge is -2.25. The van der Waals surface area contributed by atoms with E-state index in [4.69, 9.17) is 11.6 Å². The van der Waals surface area contributed by atoms with Gasteiger partial charge < -0.3 is 0 Å². The largest absolute Gasteiger partial charge is 0.416 e. The average Bonchev–Trinajstić information content (AvgIpc) is 3.59. The molecule has 0 saturated carbocycles. The third-order valence-corrected chi connectivity index (χ3v) is 9.54. The Balaban J connectivity index is 1.27. The van der Waals surface area contributed by atoms with Crippen molar-refractivity contribution in [2.75, 3.05) is 31.6 Å². The predicted octanol–water partition coefficient (Wildman–Crippen LogP) is 5.69. The van der Waals surface area contributed by atoms with E-state index < -0.39 is 21.6 Å². The number of thioether (sulfide) groups is 1. The molecule has 2 fully saturated rings. The number of likely N-dealkylation sites (tertiary alicyclic amines) is 1. The number of carbonyl (C=O) groups is 2. The molecule has 3 aromatic rings. The Morgan fingerprint density at radius 3 is 2.67 bits per heavy atom. The summed E-state index contributed by atoms with van der Waals surface area (Å²) in [7, 11) is -3.08. The highest BCUT2D eigenvalue weighted by atomic mass is 35.5. The maximum absolute atomic E-state index is 13.5. The highest BCUT2D eigenvalue weighted by Gasteiger charge is 2.36. The molecule has 1 atom stereocenters. The van der Waals surface area contributed by atoms with Crippen LogP contribution < -0.4 is 0 Å². The Morgan fingerprint density at radius 2 is 1.93 bits per heavy atom. The number of benzene rings is 2. The van der Waals surface area contributed by atoms with Crippen molar-refractivity contribution in [3.63, 3.8) is 0 Å². The third kappa shape index (κ3) is 7.01. The van der Waals surface area contributed by atoms with E-state index in [1.807, 2.05) is 0 Å². The topological polar surface area (TPSA) is 92.6 Å². The second-order valence-corrected chi connectivity index (χ2v) is 14.2. The zero-order valence-electron chi connectivity index (χ0n) is 22.6. The number of nitrogens with zero attached hydrogens (tertiary/aromatic N) is 4. The van der Waals surface area contributed by atoms with Crippen LogP contribution in [-0.2, 0) is 27.4 Å². The number of sulfone groups is 1. The number of amides is 2. The van der Waals surface area contributed by atoms with Crippen LogP contribution in [0.4, 0.5) is 18.0 Å². The monoisotopic (exact) mass is 640 g/mol. The minimum Gasteiger partial charge on any atom is -0.299 e. The van der Waals surface area contributed by atoms with Crippen molar-refractivity contribution in [2.45, 2.75) is 38.0 Å². The lowest BCUT2D eigenvalue weighted by Crippen LogP contribution is -2.37. The Morgan fingerprint density at radius 1 is 1.14 bits per heavy atom. The quantitative estimate of drug-likeness (QED) is 0.278. The highest BCUT2D eigenvalue weighted by Crippen LogP contribution is 2.35. The second-order valence-electron chi connectivity index (χ2n) is 10.5. The van der Waals surface area contributed by atoms with Gasteiger partial charge in [0.2, 0.25) is 0 Å². The number of alkyl halides is 3. The molecular formula is C28H28ClF3N4O4S2. The summed E-state index contributed by atoms with van der Waals surface area (Å²) in [6.07, 6.45) is 2.22. The number of halogens is 4. The molecule has 2 aliphatic rings.